The summed E-state index contributed by atoms with van der Waals surface area (Å²) in [5, 5.41) is 3.72. The monoisotopic (exact) mass is 176 g/mol. The number of rotatable bonds is 3. The number of hydrogen-bond acceptors (Lipinski definition) is 2. The van der Waals surface area contributed by atoms with Gasteiger partial charge in [-0.1, -0.05) is 35.0 Å². The van der Waals surface area contributed by atoms with Crippen molar-refractivity contribution in [3.05, 3.63) is 35.4 Å². The molecular formula is C11H14NO. The lowest BCUT2D eigenvalue weighted by Crippen LogP contribution is -1.96. The van der Waals surface area contributed by atoms with Gasteiger partial charge in [0, 0.05) is 5.56 Å². The molecule has 0 saturated carbocycles. The molecule has 0 aromatic heterocycles. The highest BCUT2D eigenvalue weighted by molar-refractivity contribution is 5.79. The summed E-state index contributed by atoms with van der Waals surface area (Å²) in [6.07, 6.45) is 2.92. The Bertz CT molecular complexity index is 275. The molecule has 1 radical (unpaired) electrons. The third-order valence-electron chi connectivity index (χ3n) is 1.49. The number of hydrogen-bond donors (Lipinski definition) is 0. The summed E-state index contributed by atoms with van der Waals surface area (Å²) in [7, 11) is 0. The summed E-state index contributed by atoms with van der Waals surface area (Å²) in [5.41, 5.74) is 2.17. The summed E-state index contributed by atoms with van der Waals surface area (Å²) in [6, 6.07) is 7.96. The average molecular weight is 176 g/mol. The van der Waals surface area contributed by atoms with Gasteiger partial charge in [-0.3, -0.25) is 0 Å². The molecule has 0 aliphatic rings. The highest BCUT2D eigenvalue weighted by Gasteiger charge is 1.90. The van der Waals surface area contributed by atoms with Crippen LogP contribution in [0.1, 0.15) is 25.0 Å². The van der Waals surface area contributed by atoms with Crippen molar-refractivity contribution in [1.29, 1.82) is 0 Å². The Labute approximate surface area is 79.2 Å². The molecular weight excluding hydrogens is 162 g/mol. The fourth-order valence-electron chi connectivity index (χ4n) is 0.813. The molecule has 13 heavy (non-hydrogen) atoms. The third-order valence-corrected chi connectivity index (χ3v) is 1.49. The quantitative estimate of drug-likeness (QED) is 0.512. The van der Waals surface area contributed by atoms with Crippen molar-refractivity contribution in [2.75, 3.05) is 0 Å². The molecule has 2 nitrogen and oxygen atoms in total. The van der Waals surface area contributed by atoms with Crippen LogP contribution in [0, 0.1) is 6.92 Å². The molecule has 0 unspecified atom stereocenters. The predicted molar refractivity (Wildman–Crippen MR) is 53.9 cm³/mol. The maximum atomic E-state index is 4.99. The molecule has 0 fully saturated rings. The second kappa shape index (κ2) is 4.65. The van der Waals surface area contributed by atoms with Crippen molar-refractivity contribution in [1.82, 2.24) is 0 Å². The molecule has 2 heteroatoms. The van der Waals surface area contributed by atoms with Crippen LogP contribution in [0.5, 0.6) is 0 Å². The van der Waals surface area contributed by atoms with Crippen LogP contribution in [-0.2, 0) is 4.84 Å². The zero-order chi connectivity index (χ0) is 9.68. The van der Waals surface area contributed by atoms with E-state index in [0.29, 0.717) is 0 Å². The topological polar surface area (TPSA) is 21.6 Å². The van der Waals surface area contributed by atoms with Crippen molar-refractivity contribution in [2.24, 2.45) is 5.16 Å². The molecule has 0 atom stereocenters. The highest BCUT2D eigenvalue weighted by atomic mass is 16.6. The molecule has 1 aromatic carbocycles. The van der Waals surface area contributed by atoms with E-state index in [9.17, 15) is 0 Å². The van der Waals surface area contributed by atoms with Gasteiger partial charge in [0.25, 0.3) is 0 Å². The lowest BCUT2D eigenvalue weighted by molar-refractivity contribution is 0.0874. The molecule has 0 aliphatic carbocycles. The van der Waals surface area contributed by atoms with Gasteiger partial charge in [-0.05, 0) is 20.8 Å². The van der Waals surface area contributed by atoms with E-state index in [-0.39, 0.29) is 6.10 Å². The Morgan fingerprint density at radius 1 is 1.23 bits per heavy atom. The predicted octanol–water partition coefficient (Wildman–Crippen LogP) is 2.63. The van der Waals surface area contributed by atoms with Crippen molar-refractivity contribution in [3.8, 4) is 0 Å². The Morgan fingerprint density at radius 3 is 2.38 bits per heavy atom. The smallest absolute Gasteiger partial charge is 0.139 e. The van der Waals surface area contributed by atoms with E-state index >= 15 is 0 Å². The molecule has 0 aliphatic heterocycles. The lowest BCUT2D eigenvalue weighted by Gasteiger charge is -1.99. The van der Waals surface area contributed by atoms with E-state index in [1.54, 1.807) is 0 Å². The molecule has 0 amide bonds. The highest BCUT2D eigenvalue weighted by Crippen LogP contribution is 2.00. The SMILES string of the molecule is Cc1ccc(/[C]=N/OC(C)C)cc1. The van der Waals surface area contributed by atoms with E-state index in [1.165, 1.54) is 5.56 Å². The van der Waals surface area contributed by atoms with Gasteiger partial charge in [-0.15, -0.1) is 0 Å². The lowest BCUT2D eigenvalue weighted by atomic mass is 10.2. The zero-order valence-electron chi connectivity index (χ0n) is 8.24. The van der Waals surface area contributed by atoms with E-state index < -0.39 is 0 Å². The molecule has 69 valence electrons. The van der Waals surface area contributed by atoms with E-state index in [1.807, 2.05) is 45.0 Å². The van der Waals surface area contributed by atoms with Crippen molar-refractivity contribution >= 4 is 6.21 Å². The standard InChI is InChI=1S/C11H14NO/c1-9(2)13-12-8-11-6-4-10(3)5-7-11/h4-7,9H,1-3H3. The van der Waals surface area contributed by atoms with Crippen LogP contribution < -0.4 is 0 Å². The van der Waals surface area contributed by atoms with Gasteiger partial charge in [0.15, 0.2) is 0 Å². The molecule has 0 N–H and O–H groups in total. The maximum Gasteiger partial charge on any atom is 0.139 e. The maximum absolute atomic E-state index is 4.99. The van der Waals surface area contributed by atoms with Gasteiger partial charge >= 0.3 is 0 Å². The second-order valence-electron chi connectivity index (χ2n) is 3.22. The van der Waals surface area contributed by atoms with Crippen LogP contribution in [0.4, 0.5) is 0 Å². The normalized spacial score (nSPS) is 11.1. The second-order valence-corrected chi connectivity index (χ2v) is 3.22. The van der Waals surface area contributed by atoms with Crippen molar-refractivity contribution < 1.29 is 4.84 Å². The molecule has 1 rings (SSSR count). The van der Waals surface area contributed by atoms with E-state index in [0.717, 1.165) is 5.56 Å². The third kappa shape index (κ3) is 3.74. The van der Waals surface area contributed by atoms with Crippen LogP contribution in [0.25, 0.3) is 0 Å². The van der Waals surface area contributed by atoms with Crippen LogP contribution in [-0.4, -0.2) is 12.3 Å². The first-order valence-electron chi connectivity index (χ1n) is 4.37. The Balaban J connectivity index is 2.54. The fraction of sp³-hybridized carbons (Fsp3) is 0.364. The first-order valence-corrected chi connectivity index (χ1v) is 4.37. The fourth-order valence-corrected chi connectivity index (χ4v) is 0.813. The van der Waals surface area contributed by atoms with Crippen LogP contribution in [0.3, 0.4) is 0 Å². The van der Waals surface area contributed by atoms with Crippen LogP contribution >= 0.6 is 0 Å². The molecule has 0 heterocycles. The zero-order valence-corrected chi connectivity index (χ0v) is 8.24. The van der Waals surface area contributed by atoms with Gasteiger partial charge in [0.05, 0.1) is 0 Å². The Kier molecular flexibility index (Phi) is 3.50. The number of aryl methyl sites for hydroxylation is 1. The summed E-state index contributed by atoms with van der Waals surface area (Å²) in [5.74, 6) is 0. The van der Waals surface area contributed by atoms with E-state index in [4.69, 9.17) is 4.84 Å². The first-order chi connectivity index (χ1) is 6.18. The Hall–Kier alpha value is -1.31. The van der Waals surface area contributed by atoms with Crippen LogP contribution in [0.2, 0.25) is 0 Å². The minimum Gasteiger partial charge on any atom is -0.393 e. The molecule has 1 aromatic rings. The van der Waals surface area contributed by atoms with Gasteiger partial charge in [-0.2, -0.15) is 0 Å². The van der Waals surface area contributed by atoms with Crippen molar-refractivity contribution in [3.63, 3.8) is 0 Å². The molecule has 0 saturated heterocycles. The summed E-state index contributed by atoms with van der Waals surface area (Å²) < 4.78 is 0. The van der Waals surface area contributed by atoms with Gasteiger partial charge in [0.1, 0.15) is 12.3 Å². The van der Waals surface area contributed by atoms with E-state index in [2.05, 4.69) is 11.4 Å². The summed E-state index contributed by atoms with van der Waals surface area (Å²) >= 11 is 0. The minimum absolute atomic E-state index is 0.109. The summed E-state index contributed by atoms with van der Waals surface area (Å²) in [4.78, 5) is 4.99. The minimum atomic E-state index is 0.109. The van der Waals surface area contributed by atoms with Crippen LogP contribution in [0.15, 0.2) is 29.4 Å². The molecule has 0 bridgehead atoms. The van der Waals surface area contributed by atoms with Gasteiger partial charge in [-0.25, -0.2) is 0 Å². The first kappa shape index (κ1) is 9.78. The van der Waals surface area contributed by atoms with Crippen molar-refractivity contribution in [2.45, 2.75) is 26.9 Å². The number of benzene rings is 1. The molecule has 0 spiro atoms. The average Bonchev–Trinajstić information content (AvgIpc) is 2.08. The largest absolute Gasteiger partial charge is 0.393 e. The van der Waals surface area contributed by atoms with Gasteiger partial charge in [0.2, 0.25) is 0 Å². The van der Waals surface area contributed by atoms with Gasteiger partial charge < -0.3 is 4.84 Å². The Morgan fingerprint density at radius 2 is 1.85 bits per heavy atom. The summed E-state index contributed by atoms with van der Waals surface area (Å²) in [6.45, 7) is 5.91. The number of nitrogens with zero attached hydrogens (tertiary/aromatic N) is 1.